The smallest absolute Gasteiger partial charge is 0.300 e. The molecular weight excluding hydrogens is 270 g/mol. The van der Waals surface area contributed by atoms with Gasteiger partial charge < -0.3 is 14.6 Å². The topological polar surface area (TPSA) is 91.5 Å². The Hall–Kier alpha value is -2.29. The van der Waals surface area contributed by atoms with E-state index in [0.717, 1.165) is 32.0 Å². The normalized spacial score (nSPS) is 28.0. The Bertz CT molecular complexity index is 667. The third kappa shape index (κ3) is 2.09. The number of nitrogens with one attached hydrogen (secondary N) is 1. The molecule has 8 heteroatoms. The van der Waals surface area contributed by atoms with Crippen LogP contribution in [0.5, 0.6) is 0 Å². The van der Waals surface area contributed by atoms with E-state index in [9.17, 15) is 0 Å². The summed E-state index contributed by atoms with van der Waals surface area (Å²) in [4.78, 5) is 11.1. The van der Waals surface area contributed by atoms with Crippen molar-refractivity contribution in [3.05, 3.63) is 36.2 Å². The molecule has 108 valence electrons. The molecule has 4 heterocycles. The molecule has 3 aliphatic rings. The SMILES string of the molecule is N[N+]12C=C(N3CCNCC3)N=CC1=NC(c1ccco1)=N2. The van der Waals surface area contributed by atoms with Gasteiger partial charge in [0.1, 0.15) is 6.21 Å². The highest BCUT2D eigenvalue weighted by atomic mass is 16.3. The molecule has 1 fully saturated rings. The standard InChI is InChI=1S/C13H16N7O/c14-20-9-11(19-5-3-15-4-6-19)16-8-12(20)17-13(18-20)10-2-1-7-21-10/h1-2,7-9,15H,3-6,14H2/q+1. The van der Waals surface area contributed by atoms with Crippen LogP contribution in [0.2, 0.25) is 0 Å². The lowest BCUT2D eigenvalue weighted by molar-refractivity contribution is -0.803. The van der Waals surface area contributed by atoms with E-state index in [0.29, 0.717) is 17.4 Å². The maximum Gasteiger partial charge on any atom is 0.300 e. The van der Waals surface area contributed by atoms with Crippen molar-refractivity contribution in [2.75, 3.05) is 26.2 Å². The van der Waals surface area contributed by atoms with Crippen LogP contribution < -0.4 is 11.2 Å². The van der Waals surface area contributed by atoms with Gasteiger partial charge in [-0.1, -0.05) is 0 Å². The van der Waals surface area contributed by atoms with Crippen LogP contribution in [-0.2, 0) is 0 Å². The summed E-state index contributed by atoms with van der Waals surface area (Å²) < 4.78 is 5.11. The molecule has 3 aliphatic heterocycles. The molecule has 0 aromatic carbocycles. The summed E-state index contributed by atoms with van der Waals surface area (Å²) in [5.74, 6) is 8.83. The quantitative estimate of drug-likeness (QED) is 0.583. The van der Waals surface area contributed by atoms with Crippen molar-refractivity contribution in [3.8, 4) is 0 Å². The Morgan fingerprint density at radius 1 is 1.33 bits per heavy atom. The zero-order valence-electron chi connectivity index (χ0n) is 11.4. The average molecular weight is 286 g/mol. The van der Waals surface area contributed by atoms with E-state index in [1.807, 2.05) is 12.3 Å². The largest absolute Gasteiger partial charge is 0.461 e. The van der Waals surface area contributed by atoms with Crippen molar-refractivity contribution in [2.24, 2.45) is 20.9 Å². The number of hydrogen-bond donors (Lipinski definition) is 2. The van der Waals surface area contributed by atoms with Gasteiger partial charge in [0, 0.05) is 26.2 Å². The van der Waals surface area contributed by atoms with E-state index < -0.39 is 0 Å². The lowest BCUT2D eigenvalue weighted by Crippen LogP contribution is -2.52. The lowest BCUT2D eigenvalue weighted by atomic mass is 10.3. The first-order chi connectivity index (χ1) is 10.2. The van der Waals surface area contributed by atoms with Crippen LogP contribution in [0.4, 0.5) is 0 Å². The number of quaternary nitrogens is 1. The molecule has 1 unspecified atom stereocenters. The van der Waals surface area contributed by atoms with Gasteiger partial charge in [-0.15, -0.1) is 5.84 Å². The molecule has 0 saturated carbocycles. The third-order valence-corrected chi connectivity index (χ3v) is 3.65. The second-order valence-electron chi connectivity index (χ2n) is 5.09. The maximum atomic E-state index is 6.33. The highest BCUT2D eigenvalue weighted by Gasteiger charge is 2.40. The highest BCUT2D eigenvalue weighted by Crippen LogP contribution is 2.23. The number of hydrogen-bond acceptors (Lipinski definition) is 7. The van der Waals surface area contributed by atoms with Crippen molar-refractivity contribution in [3.63, 3.8) is 0 Å². The highest BCUT2D eigenvalue weighted by molar-refractivity contribution is 6.31. The zero-order chi connectivity index (χ0) is 14.3. The number of nitrogens with two attached hydrogens (primary N) is 1. The van der Waals surface area contributed by atoms with Crippen molar-refractivity contribution in [1.29, 1.82) is 0 Å². The van der Waals surface area contributed by atoms with E-state index >= 15 is 0 Å². The summed E-state index contributed by atoms with van der Waals surface area (Å²) in [5, 5.41) is 7.77. The molecule has 0 aliphatic carbocycles. The van der Waals surface area contributed by atoms with Gasteiger partial charge in [0.25, 0.3) is 11.7 Å². The fourth-order valence-electron chi connectivity index (χ4n) is 2.54. The molecule has 1 aromatic rings. The maximum absolute atomic E-state index is 6.33. The van der Waals surface area contributed by atoms with Crippen LogP contribution in [0.3, 0.4) is 0 Å². The number of piperazine rings is 1. The Balaban J connectivity index is 1.66. The molecular formula is C13H16N7O+. The monoisotopic (exact) mass is 286 g/mol. The molecule has 8 nitrogen and oxygen atoms in total. The van der Waals surface area contributed by atoms with E-state index in [4.69, 9.17) is 10.3 Å². The van der Waals surface area contributed by atoms with Crippen molar-refractivity contribution < 1.29 is 9.12 Å². The first kappa shape index (κ1) is 12.5. The van der Waals surface area contributed by atoms with Gasteiger partial charge in [-0.2, -0.15) is 4.99 Å². The van der Waals surface area contributed by atoms with Crippen molar-refractivity contribution >= 4 is 17.9 Å². The zero-order valence-corrected chi connectivity index (χ0v) is 11.4. The van der Waals surface area contributed by atoms with Gasteiger partial charge in [0.05, 0.1) is 6.26 Å². The molecule has 1 atom stereocenters. The number of amidine groups is 2. The molecule has 0 spiro atoms. The summed E-state index contributed by atoms with van der Waals surface area (Å²) in [5.41, 5.74) is 0. The Morgan fingerprint density at radius 3 is 2.95 bits per heavy atom. The third-order valence-electron chi connectivity index (χ3n) is 3.65. The van der Waals surface area contributed by atoms with Crippen LogP contribution >= 0.6 is 0 Å². The summed E-state index contributed by atoms with van der Waals surface area (Å²) in [7, 11) is 0. The van der Waals surface area contributed by atoms with Gasteiger partial charge in [0.2, 0.25) is 0 Å². The van der Waals surface area contributed by atoms with E-state index in [1.54, 1.807) is 18.5 Å². The summed E-state index contributed by atoms with van der Waals surface area (Å²) in [6, 6.07) is 3.61. The van der Waals surface area contributed by atoms with Gasteiger partial charge in [-0.05, 0) is 21.9 Å². The number of nitrogens with zero attached hydrogens (tertiary/aromatic N) is 5. The summed E-state index contributed by atoms with van der Waals surface area (Å²) >= 11 is 0. The fraction of sp³-hybridized carbons (Fsp3) is 0.308. The number of rotatable bonds is 2. The molecule has 3 N–H and O–H groups in total. The van der Waals surface area contributed by atoms with Gasteiger partial charge in [0.15, 0.2) is 17.8 Å². The first-order valence-electron chi connectivity index (χ1n) is 6.88. The lowest BCUT2D eigenvalue weighted by Gasteiger charge is -2.31. The van der Waals surface area contributed by atoms with Crippen molar-refractivity contribution in [2.45, 2.75) is 0 Å². The average Bonchev–Trinajstić information content (AvgIpc) is 3.13. The molecule has 0 bridgehead atoms. The second kappa shape index (κ2) is 4.62. The Labute approximate surface area is 121 Å². The van der Waals surface area contributed by atoms with E-state index in [1.165, 1.54) is 0 Å². The van der Waals surface area contributed by atoms with Gasteiger partial charge >= 0.3 is 0 Å². The number of fused-ring (bicyclic) bond motifs is 1. The minimum absolute atomic E-state index is 0.210. The molecule has 0 amide bonds. The molecule has 1 aromatic heterocycles. The molecule has 0 radical (unpaired) electrons. The minimum atomic E-state index is -0.210. The predicted molar refractivity (Wildman–Crippen MR) is 78.1 cm³/mol. The van der Waals surface area contributed by atoms with E-state index in [2.05, 4.69) is 25.3 Å². The van der Waals surface area contributed by atoms with Crippen LogP contribution in [0, 0.1) is 0 Å². The Morgan fingerprint density at radius 2 is 2.19 bits per heavy atom. The van der Waals surface area contributed by atoms with Crippen LogP contribution in [0.15, 0.2) is 49.9 Å². The molecule has 21 heavy (non-hydrogen) atoms. The van der Waals surface area contributed by atoms with Crippen LogP contribution in [0.1, 0.15) is 5.76 Å². The second-order valence-corrected chi connectivity index (χ2v) is 5.09. The minimum Gasteiger partial charge on any atom is -0.461 e. The molecule has 1 saturated heterocycles. The van der Waals surface area contributed by atoms with Crippen LogP contribution in [-0.4, -0.2) is 53.7 Å². The van der Waals surface area contributed by atoms with E-state index in [-0.39, 0.29) is 4.70 Å². The van der Waals surface area contributed by atoms with Crippen LogP contribution in [0.25, 0.3) is 0 Å². The Kier molecular flexibility index (Phi) is 2.74. The predicted octanol–water partition coefficient (Wildman–Crippen LogP) is -0.168. The van der Waals surface area contributed by atoms with Gasteiger partial charge in [-0.25, -0.2) is 4.99 Å². The summed E-state index contributed by atoms with van der Waals surface area (Å²) in [6.45, 7) is 3.70. The number of aliphatic imine (C=N–C) groups is 2. The van der Waals surface area contributed by atoms with Crippen molar-refractivity contribution in [1.82, 2.24) is 10.2 Å². The van der Waals surface area contributed by atoms with Gasteiger partial charge in [-0.3, -0.25) is 0 Å². The summed E-state index contributed by atoms with van der Waals surface area (Å²) in [6.07, 6.45) is 5.09. The molecule has 4 rings (SSSR count). The number of furan rings is 1. The fourth-order valence-corrected chi connectivity index (χ4v) is 2.54. The first-order valence-corrected chi connectivity index (χ1v) is 6.88.